The van der Waals surface area contributed by atoms with Crippen molar-refractivity contribution in [2.45, 2.75) is 13.0 Å². The van der Waals surface area contributed by atoms with Gasteiger partial charge in [-0.1, -0.05) is 54.1 Å². The zero-order valence-corrected chi connectivity index (χ0v) is 15.2. The van der Waals surface area contributed by atoms with Gasteiger partial charge in [-0.3, -0.25) is 9.59 Å². The minimum Gasteiger partial charge on any atom is -0.326 e. The monoisotopic (exact) mass is 379 g/mol. The Balaban J connectivity index is 1.77. The Kier molecular flexibility index (Phi) is 5.96. The largest absolute Gasteiger partial charge is 0.326 e. The molecule has 2 aromatic carbocycles. The van der Waals surface area contributed by atoms with Crippen LogP contribution in [0.25, 0.3) is 0 Å². The minimum absolute atomic E-state index is 0.0663. The van der Waals surface area contributed by atoms with Crippen LogP contribution in [0.2, 0.25) is 5.02 Å². The van der Waals surface area contributed by atoms with Crippen LogP contribution in [0.4, 0.5) is 5.82 Å². The lowest BCUT2D eigenvalue weighted by Gasteiger charge is -2.10. The highest BCUT2D eigenvalue weighted by Crippen LogP contribution is 2.16. The molecule has 5 nitrogen and oxygen atoms in total. The first-order valence-electron chi connectivity index (χ1n) is 8.40. The maximum atomic E-state index is 12.6. The number of aromatic nitrogens is 1. The molecule has 0 aliphatic rings. The fraction of sp³-hybridized carbons (Fsp3) is 0.0952. The number of hydrogen-bond donors (Lipinski definition) is 2. The summed E-state index contributed by atoms with van der Waals surface area (Å²) in [4.78, 5) is 29.3. The third-order valence-electron chi connectivity index (χ3n) is 4.09. The lowest BCUT2D eigenvalue weighted by Crippen LogP contribution is -2.16. The lowest BCUT2D eigenvalue weighted by atomic mass is 9.98. The number of halogens is 1. The molecule has 0 radical (unpaired) electrons. The molecule has 1 heterocycles. The molecule has 1 aromatic heterocycles. The van der Waals surface area contributed by atoms with Gasteiger partial charge in [-0.15, -0.1) is 0 Å². The summed E-state index contributed by atoms with van der Waals surface area (Å²) in [7, 11) is 0. The molecule has 0 spiro atoms. The van der Waals surface area contributed by atoms with Crippen molar-refractivity contribution in [1.82, 2.24) is 4.98 Å². The molecule has 0 bridgehead atoms. The highest BCUT2D eigenvalue weighted by atomic mass is 35.5. The van der Waals surface area contributed by atoms with Gasteiger partial charge in [0.15, 0.2) is 5.78 Å². The summed E-state index contributed by atoms with van der Waals surface area (Å²) >= 11 is 5.81. The highest BCUT2D eigenvalue weighted by Gasteiger charge is 2.15. The van der Waals surface area contributed by atoms with E-state index in [0.29, 0.717) is 34.1 Å². The smallest absolute Gasteiger partial charge is 0.257 e. The average molecular weight is 380 g/mol. The van der Waals surface area contributed by atoms with Crippen LogP contribution >= 0.6 is 11.6 Å². The number of nitrogens with one attached hydrogen (secondary N) is 1. The van der Waals surface area contributed by atoms with Crippen LogP contribution in [0.3, 0.4) is 0 Å². The maximum Gasteiger partial charge on any atom is 0.257 e. The van der Waals surface area contributed by atoms with Gasteiger partial charge in [0.25, 0.3) is 5.91 Å². The fourth-order valence-electron chi connectivity index (χ4n) is 2.63. The van der Waals surface area contributed by atoms with E-state index in [2.05, 4.69) is 10.3 Å². The van der Waals surface area contributed by atoms with Gasteiger partial charge < -0.3 is 11.1 Å². The third kappa shape index (κ3) is 4.78. The van der Waals surface area contributed by atoms with Crippen molar-refractivity contribution < 1.29 is 9.59 Å². The van der Waals surface area contributed by atoms with Crippen molar-refractivity contribution in [2.75, 3.05) is 5.32 Å². The number of carbonyl (C=O) groups is 2. The molecule has 136 valence electrons. The number of anilines is 1. The Morgan fingerprint density at radius 3 is 2.41 bits per heavy atom. The quantitative estimate of drug-likeness (QED) is 0.636. The summed E-state index contributed by atoms with van der Waals surface area (Å²) in [6, 6.07) is 17.5. The van der Waals surface area contributed by atoms with Crippen LogP contribution in [0, 0.1) is 0 Å². The van der Waals surface area contributed by atoms with Crippen LogP contribution in [-0.4, -0.2) is 16.7 Å². The Bertz CT molecular complexity index is 954. The number of benzene rings is 2. The van der Waals surface area contributed by atoms with E-state index in [1.165, 1.54) is 6.20 Å². The van der Waals surface area contributed by atoms with Crippen LogP contribution in [0.1, 0.15) is 31.8 Å². The Labute approximate surface area is 162 Å². The molecule has 0 unspecified atom stereocenters. The van der Waals surface area contributed by atoms with E-state index < -0.39 is 0 Å². The summed E-state index contributed by atoms with van der Waals surface area (Å²) in [5, 5.41) is 3.21. The first-order chi connectivity index (χ1) is 13.1. The molecule has 3 N–H and O–H groups in total. The fourth-order valence-corrected chi connectivity index (χ4v) is 2.74. The van der Waals surface area contributed by atoms with Gasteiger partial charge in [0.2, 0.25) is 0 Å². The summed E-state index contributed by atoms with van der Waals surface area (Å²) in [6.45, 7) is 0.427. The van der Waals surface area contributed by atoms with Crippen molar-refractivity contribution in [3.63, 3.8) is 0 Å². The van der Waals surface area contributed by atoms with E-state index in [-0.39, 0.29) is 18.1 Å². The number of Topliss-reactive ketones (excluding diaryl/α,β-unsaturated/α-hetero) is 1. The Hall–Kier alpha value is -3.02. The van der Waals surface area contributed by atoms with Crippen LogP contribution in [-0.2, 0) is 13.0 Å². The predicted octanol–water partition coefficient (Wildman–Crippen LogP) is 3.87. The number of nitrogens with two attached hydrogens (primary N) is 1. The highest BCUT2D eigenvalue weighted by molar-refractivity contribution is 6.30. The number of hydrogen-bond acceptors (Lipinski definition) is 4. The molecule has 3 aromatic rings. The van der Waals surface area contributed by atoms with Gasteiger partial charge in [0.1, 0.15) is 5.82 Å². The topological polar surface area (TPSA) is 85.1 Å². The molecule has 0 atom stereocenters. The number of ketones is 1. The number of rotatable bonds is 6. The van der Waals surface area contributed by atoms with E-state index in [1.807, 2.05) is 12.1 Å². The summed E-state index contributed by atoms with van der Waals surface area (Å²) in [5.74, 6) is -0.00181. The standard InChI is InChI=1S/C21H18ClN3O2/c22-17-9-10-20(24-13-17)25-21(27)18-4-2-1-3-16(18)11-19(26)15-7-5-14(12-23)6-8-15/h1-10,13H,11-12,23H2,(H,24,25,27). The van der Waals surface area contributed by atoms with Crippen molar-refractivity contribution in [2.24, 2.45) is 5.73 Å². The van der Waals surface area contributed by atoms with Gasteiger partial charge >= 0.3 is 0 Å². The second-order valence-corrected chi connectivity index (χ2v) is 6.41. The molecule has 27 heavy (non-hydrogen) atoms. The summed E-state index contributed by atoms with van der Waals surface area (Å²) < 4.78 is 0. The zero-order valence-electron chi connectivity index (χ0n) is 14.5. The molecule has 1 amide bonds. The number of pyridine rings is 1. The number of nitrogens with zero attached hydrogens (tertiary/aromatic N) is 1. The van der Waals surface area contributed by atoms with Gasteiger partial charge in [-0.2, -0.15) is 0 Å². The second kappa shape index (κ2) is 8.58. The second-order valence-electron chi connectivity index (χ2n) is 5.97. The predicted molar refractivity (Wildman–Crippen MR) is 106 cm³/mol. The molecule has 0 fully saturated rings. The van der Waals surface area contributed by atoms with Crippen molar-refractivity contribution in [3.05, 3.63) is 94.1 Å². The summed E-state index contributed by atoms with van der Waals surface area (Å²) in [6.07, 6.45) is 1.58. The first-order valence-corrected chi connectivity index (χ1v) is 8.77. The van der Waals surface area contributed by atoms with Gasteiger partial charge in [0.05, 0.1) is 5.02 Å². The average Bonchev–Trinajstić information content (AvgIpc) is 2.70. The van der Waals surface area contributed by atoms with Crippen LogP contribution in [0.15, 0.2) is 66.9 Å². The van der Waals surface area contributed by atoms with Crippen LogP contribution < -0.4 is 11.1 Å². The minimum atomic E-state index is -0.327. The summed E-state index contributed by atoms with van der Waals surface area (Å²) in [5.41, 5.74) is 8.21. The Morgan fingerprint density at radius 2 is 1.74 bits per heavy atom. The molecule has 6 heteroatoms. The molecule has 0 aliphatic heterocycles. The third-order valence-corrected chi connectivity index (χ3v) is 4.32. The number of amides is 1. The lowest BCUT2D eigenvalue weighted by molar-refractivity contribution is 0.0992. The molecular weight excluding hydrogens is 362 g/mol. The molecule has 0 aliphatic carbocycles. The molecular formula is C21H18ClN3O2. The van der Waals surface area contributed by atoms with Gasteiger partial charge in [0, 0.05) is 30.3 Å². The van der Waals surface area contributed by atoms with E-state index in [1.54, 1.807) is 48.5 Å². The van der Waals surface area contributed by atoms with Crippen LogP contribution in [0.5, 0.6) is 0 Å². The molecule has 0 saturated heterocycles. The van der Waals surface area contributed by atoms with E-state index in [4.69, 9.17) is 17.3 Å². The maximum absolute atomic E-state index is 12.6. The van der Waals surface area contributed by atoms with Crippen molar-refractivity contribution in [1.29, 1.82) is 0 Å². The SMILES string of the molecule is NCc1ccc(C(=O)Cc2ccccc2C(=O)Nc2ccc(Cl)cn2)cc1. The molecule has 0 saturated carbocycles. The first kappa shape index (κ1) is 18.8. The normalized spacial score (nSPS) is 10.4. The van der Waals surface area contributed by atoms with Crippen molar-refractivity contribution in [3.8, 4) is 0 Å². The molecule has 3 rings (SSSR count). The van der Waals surface area contributed by atoms with E-state index >= 15 is 0 Å². The number of carbonyl (C=O) groups excluding carboxylic acids is 2. The van der Waals surface area contributed by atoms with E-state index in [9.17, 15) is 9.59 Å². The zero-order chi connectivity index (χ0) is 19.2. The van der Waals surface area contributed by atoms with Crippen molar-refractivity contribution >= 4 is 29.1 Å². The Morgan fingerprint density at radius 1 is 1.00 bits per heavy atom. The van der Waals surface area contributed by atoms with Gasteiger partial charge in [-0.25, -0.2) is 4.98 Å². The van der Waals surface area contributed by atoms with E-state index in [0.717, 1.165) is 5.56 Å². The van der Waals surface area contributed by atoms with Gasteiger partial charge in [-0.05, 0) is 29.3 Å².